The molecule has 1 atom stereocenters. The Labute approximate surface area is 131 Å². The minimum absolute atomic E-state index is 0.137. The number of rotatable bonds is 4. The van der Waals surface area contributed by atoms with E-state index in [1.165, 1.54) is 34.9 Å². The van der Waals surface area contributed by atoms with Gasteiger partial charge in [0.1, 0.15) is 6.04 Å². The summed E-state index contributed by atoms with van der Waals surface area (Å²) in [6.45, 7) is 0.355. The Morgan fingerprint density at radius 2 is 2.14 bits per heavy atom. The second-order valence-electron chi connectivity index (χ2n) is 4.99. The summed E-state index contributed by atoms with van der Waals surface area (Å²) in [5.74, 6) is -1.51. The van der Waals surface area contributed by atoms with Gasteiger partial charge in [-0.1, -0.05) is 0 Å². The summed E-state index contributed by atoms with van der Waals surface area (Å²) in [6, 6.07) is 3.40. The van der Waals surface area contributed by atoms with Crippen molar-refractivity contribution in [1.82, 2.24) is 4.90 Å². The lowest BCUT2D eigenvalue weighted by Crippen LogP contribution is -2.48. The predicted octanol–water partition coefficient (Wildman–Crippen LogP) is 2.40. The number of thioether (sulfide) groups is 1. The number of hydrogen-bond donors (Lipinski definition) is 1. The van der Waals surface area contributed by atoms with Gasteiger partial charge in [-0.05, 0) is 37.7 Å². The molecule has 1 aliphatic rings. The Kier molecular flexibility index (Phi) is 5.02. The fraction of sp³-hybridized carbons (Fsp3) is 0.429. The average Bonchev–Trinajstić information content (AvgIpc) is 2.53. The maximum absolute atomic E-state index is 12.5. The first-order valence-corrected chi connectivity index (χ1v) is 8.04. The number of nitro benzene ring substituents is 1. The van der Waals surface area contributed by atoms with Crippen LogP contribution in [0.15, 0.2) is 23.1 Å². The van der Waals surface area contributed by atoms with Crippen molar-refractivity contribution in [3.63, 3.8) is 0 Å². The van der Waals surface area contributed by atoms with Crippen LogP contribution in [0.4, 0.5) is 5.69 Å². The molecule has 0 spiro atoms. The highest BCUT2D eigenvalue weighted by molar-refractivity contribution is 7.98. The summed E-state index contributed by atoms with van der Waals surface area (Å²) >= 11 is 1.22. The molecule has 0 aromatic heterocycles. The average molecular weight is 324 g/mol. The van der Waals surface area contributed by atoms with Crippen LogP contribution >= 0.6 is 11.8 Å². The maximum Gasteiger partial charge on any atom is 0.326 e. The van der Waals surface area contributed by atoms with E-state index < -0.39 is 22.8 Å². The zero-order valence-electron chi connectivity index (χ0n) is 12.0. The fourth-order valence-electron chi connectivity index (χ4n) is 2.56. The molecule has 1 unspecified atom stereocenters. The normalized spacial score (nSPS) is 18.0. The molecular weight excluding hydrogens is 308 g/mol. The third-order valence-electron chi connectivity index (χ3n) is 3.67. The van der Waals surface area contributed by atoms with E-state index in [0.717, 1.165) is 12.8 Å². The van der Waals surface area contributed by atoms with Gasteiger partial charge in [-0.25, -0.2) is 4.79 Å². The first kappa shape index (κ1) is 16.3. The number of hydrogen-bond acceptors (Lipinski definition) is 5. The lowest BCUT2D eigenvalue weighted by molar-refractivity contribution is -0.387. The Morgan fingerprint density at radius 3 is 2.73 bits per heavy atom. The van der Waals surface area contributed by atoms with Gasteiger partial charge in [0, 0.05) is 18.2 Å². The lowest BCUT2D eigenvalue weighted by atomic mass is 10.0. The molecule has 0 bridgehead atoms. The van der Waals surface area contributed by atoms with Crippen molar-refractivity contribution in [3.8, 4) is 0 Å². The summed E-state index contributed by atoms with van der Waals surface area (Å²) in [6.07, 6.45) is 3.62. The van der Waals surface area contributed by atoms with Crippen LogP contribution in [0, 0.1) is 10.1 Å². The number of piperidine rings is 1. The highest BCUT2D eigenvalue weighted by atomic mass is 32.2. The molecule has 0 saturated carbocycles. The lowest BCUT2D eigenvalue weighted by Gasteiger charge is -2.33. The molecule has 0 radical (unpaired) electrons. The van der Waals surface area contributed by atoms with E-state index in [-0.39, 0.29) is 11.3 Å². The molecule has 2 rings (SSSR count). The van der Waals surface area contributed by atoms with E-state index in [1.807, 2.05) is 0 Å². The second-order valence-corrected chi connectivity index (χ2v) is 5.84. The van der Waals surface area contributed by atoms with Gasteiger partial charge in [-0.15, -0.1) is 11.8 Å². The smallest absolute Gasteiger partial charge is 0.326 e. The van der Waals surface area contributed by atoms with E-state index in [9.17, 15) is 24.8 Å². The predicted molar refractivity (Wildman–Crippen MR) is 81.2 cm³/mol. The molecule has 1 amide bonds. The van der Waals surface area contributed by atoms with Gasteiger partial charge < -0.3 is 10.0 Å². The first-order chi connectivity index (χ1) is 10.5. The summed E-state index contributed by atoms with van der Waals surface area (Å²) in [4.78, 5) is 36.1. The third kappa shape index (κ3) is 3.22. The number of benzene rings is 1. The quantitative estimate of drug-likeness (QED) is 0.518. The molecule has 22 heavy (non-hydrogen) atoms. The topological polar surface area (TPSA) is 101 Å². The minimum atomic E-state index is -1.04. The van der Waals surface area contributed by atoms with Gasteiger partial charge >= 0.3 is 5.97 Å². The van der Waals surface area contributed by atoms with Crippen LogP contribution in [0.1, 0.15) is 29.6 Å². The minimum Gasteiger partial charge on any atom is -0.480 e. The van der Waals surface area contributed by atoms with Crippen molar-refractivity contribution in [1.29, 1.82) is 0 Å². The number of amides is 1. The van der Waals surface area contributed by atoms with E-state index >= 15 is 0 Å². The van der Waals surface area contributed by atoms with Gasteiger partial charge in [0.25, 0.3) is 11.6 Å². The Bertz CT molecular complexity index is 619. The van der Waals surface area contributed by atoms with Crippen molar-refractivity contribution in [2.45, 2.75) is 30.2 Å². The van der Waals surface area contributed by atoms with Crippen molar-refractivity contribution in [2.75, 3.05) is 12.8 Å². The first-order valence-electron chi connectivity index (χ1n) is 6.82. The van der Waals surface area contributed by atoms with Crippen molar-refractivity contribution in [3.05, 3.63) is 33.9 Å². The second kappa shape index (κ2) is 6.78. The van der Waals surface area contributed by atoms with E-state index in [4.69, 9.17) is 0 Å². The zero-order valence-corrected chi connectivity index (χ0v) is 12.8. The molecule has 1 aliphatic heterocycles. The zero-order chi connectivity index (χ0) is 16.3. The van der Waals surface area contributed by atoms with Gasteiger partial charge in [-0.2, -0.15) is 0 Å². The number of carbonyl (C=O) groups excluding carboxylic acids is 1. The van der Waals surface area contributed by atoms with E-state index in [2.05, 4.69) is 0 Å². The number of aliphatic carboxylic acids is 1. The molecule has 8 heteroatoms. The van der Waals surface area contributed by atoms with Crippen LogP contribution in [0.25, 0.3) is 0 Å². The van der Waals surface area contributed by atoms with Crippen LogP contribution in [0.5, 0.6) is 0 Å². The molecule has 118 valence electrons. The number of nitrogens with zero attached hydrogens (tertiary/aromatic N) is 2. The Balaban J connectivity index is 2.34. The van der Waals surface area contributed by atoms with Gasteiger partial charge in [0.15, 0.2) is 0 Å². The molecule has 1 aromatic carbocycles. The van der Waals surface area contributed by atoms with E-state index in [1.54, 1.807) is 6.26 Å². The summed E-state index contributed by atoms with van der Waals surface area (Å²) < 4.78 is 0. The highest BCUT2D eigenvalue weighted by Crippen LogP contribution is 2.29. The molecule has 1 heterocycles. The monoisotopic (exact) mass is 324 g/mol. The molecule has 1 N–H and O–H groups in total. The van der Waals surface area contributed by atoms with Crippen LogP contribution in [0.3, 0.4) is 0 Å². The fourth-order valence-corrected chi connectivity index (χ4v) is 3.11. The molecule has 1 saturated heterocycles. The molecule has 7 nitrogen and oxygen atoms in total. The highest BCUT2D eigenvalue weighted by Gasteiger charge is 2.33. The van der Waals surface area contributed by atoms with Crippen LogP contribution in [-0.2, 0) is 4.79 Å². The molecule has 1 aromatic rings. The van der Waals surface area contributed by atoms with E-state index in [0.29, 0.717) is 17.9 Å². The number of nitro groups is 1. The molecule has 1 fully saturated rings. The van der Waals surface area contributed by atoms with Gasteiger partial charge in [-0.3, -0.25) is 14.9 Å². The summed E-state index contributed by atoms with van der Waals surface area (Å²) in [5.41, 5.74) is 0.0138. The van der Waals surface area contributed by atoms with Crippen LogP contribution in [-0.4, -0.2) is 45.6 Å². The largest absolute Gasteiger partial charge is 0.480 e. The van der Waals surface area contributed by atoms with Gasteiger partial charge in [0.05, 0.1) is 9.82 Å². The molecular formula is C14H16N2O5S. The number of likely N-dealkylation sites (tertiary alicyclic amines) is 1. The SMILES string of the molecule is CSc1ccc(C(=O)N2CCCCC2C(=O)O)cc1[N+](=O)[O-]. The van der Waals surface area contributed by atoms with Crippen molar-refractivity contribution < 1.29 is 19.6 Å². The number of carboxylic acids is 1. The molecule has 0 aliphatic carbocycles. The van der Waals surface area contributed by atoms with Crippen molar-refractivity contribution >= 4 is 29.3 Å². The van der Waals surface area contributed by atoms with Crippen LogP contribution < -0.4 is 0 Å². The third-order valence-corrected chi connectivity index (χ3v) is 4.46. The van der Waals surface area contributed by atoms with Gasteiger partial charge in [0.2, 0.25) is 0 Å². The number of carbonyl (C=O) groups is 2. The Morgan fingerprint density at radius 1 is 1.41 bits per heavy atom. The summed E-state index contributed by atoms with van der Waals surface area (Å²) in [5, 5.41) is 20.3. The number of carboxylic acid groups (broad SMARTS) is 1. The summed E-state index contributed by atoms with van der Waals surface area (Å²) in [7, 11) is 0. The van der Waals surface area contributed by atoms with Crippen LogP contribution in [0.2, 0.25) is 0 Å². The van der Waals surface area contributed by atoms with Crippen molar-refractivity contribution in [2.24, 2.45) is 0 Å². The maximum atomic E-state index is 12.5. The Hall–Kier alpha value is -2.09. The standard InChI is InChI=1S/C14H16N2O5S/c1-22-12-6-5-9(8-11(12)16(20)21)13(17)15-7-3-2-4-10(15)14(18)19/h5-6,8,10H,2-4,7H2,1H3,(H,18,19).